The van der Waals surface area contributed by atoms with Gasteiger partial charge in [0.1, 0.15) is 0 Å². The summed E-state index contributed by atoms with van der Waals surface area (Å²) in [5, 5.41) is 22.5. The minimum absolute atomic E-state index is 0.110. The number of nitrogens with one attached hydrogen (secondary N) is 1. The molecule has 0 bridgehead atoms. The van der Waals surface area contributed by atoms with E-state index in [1.54, 1.807) is 11.8 Å². The van der Waals surface area contributed by atoms with E-state index in [9.17, 15) is 14.9 Å². The van der Waals surface area contributed by atoms with Crippen molar-refractivity contribution in [2.45, 2.75) is 12.8 Å². The van der Waals surface area contributed by atoms with Crippen molar-refractivity contribution in [1.82, 2.24) is 4.98 Å². The van der Waals surface area contributed by atoms with E-state index in [1.165, 1.54) is 0 Å². The van der Waals surface area contributed by atoms with Crippen LogP contribution in [-0.4, -0.2) is 39.5 Å². The molecule has 0 spiro atoms. The Hall–Kier alpha value is -1.83. The standard InChI is InChI=1S/C11H15N3O4S/c1-19-5-3-2-4-12-10-9(14(17)18)6-8(7-13-10)11(15)16/h6-7H,2-5H2,1H3,(H,12,13)(H,15,16). The Kier molecular flexibility index (Phi) is 6.07. The lowest BCUT2D eigenvalue weighted by atomic mass is 10.2. The van der Waals surface area contributed by atoms with Gasteiger partial charge in [-0.05, 0) is 24.9 Å². The van der Waals surface area contributed by atoms with E-state index in [1.807, 2.05) is 6.26 Å². The van der Waals surface area contributed by atoms with Gasteiger partial charge in [-0.1, -0.05) is 0 Å². The summed E-state index contributed by atoms with van der Waals surface area (Å²) in [7, 11) is 0. The average Bonchev–Trinajstić information content (AvgIpc) is 2.38. The molecule has 0 aliphatic heterocycles. The molecule has 0 fully saturated rings. The summed E-state index contributed by atoms with van der Waals surface area (Å²) in [6.45, 7) is 0.570. The van der Waals surface area contributed by atoms with Gasteiger partial charge in [0.15, 0.2) is 0 Å². The van der Waals surface area contributed by atoms with E-state index in [2.05, 4.69) is 10.3 Å². The zero-order valence-corrected chi connectivity index (χ0v) is 11.3. The maximum Gasteiger partial charge on any atom is 0.337 e. The minimum atomic E-state index is -1.23. The summed E-state index contributed by atoms with van der Waals surface area (Å²) in [5.74, 6) is -0.0870. The van der Waals surface area contributed by atoms with Gasteiger partial charge in [0.05, 0.1) is 10.5 Å². The summed E-state index contributed by atoms with van der Waals surface area (Å²) in [5.41, 5.74) is -0.510. The molecule has 0 unspecified atom stereocenters. The van der Waals surface area contributed by atoms with E-state index < -0.39 is 10.9 Å². The number of hydrogen-bond donors (Lipinski definition) is 2. The third kappa shape index (κ3) is 4.74. The first-order chi connectivity index (χ1) is 9.06. The van der Waals surface area contributed by atoms with Crippen LogP contribution in [0.5, 0.6) is 0 Å². The molecule has 1 heterocycles. The molecule has 0 aliphatic carbocycles. The van der Waals surface area contributed by atoms with E-state index >= 15 is 0 Å². The highest BCUT2D eigenvalue weighted by Gasteiger charge is 2.18. The van der Waals surface area contributed by atoms with Crippen LogP contribution in [-0.2, 0) is 0 Å². The lowest BCUT2D eigenvalue weighted by molar-refractivity contribution is -0.384. The normalized spacial score (nSPS) is 10.2. The van der Waals surface area contributed by atoms with Crippen molar-refractivity contribution in [3.05, 3.63) is 27.9 Å². The molecule has 0 amide bonds. The van der Waals surface area contributed by atoms with Gasteiger partial charge in [-0.15, -0.1) is 0 Å². The largest absolute Gasteiger partial charge is 0.478 e. The number of carboxylic acids is 1. The van der Waals surface area contributed by atoms with Crippen molar-refractivity contribution in [2.75, 3.05) is 23.9 Å². The third-order valence-corrected chi connectivity index (χ3v) is 3.08. The predicted octanol–water partition coefficient (Wildman–Crippen LogP) is 2.24. The van der Waals surface area contributed by atoms with Crippen molar-refractivity contribution >= 4 is 29.2 Å². The number of nitrogens with zero attached hydrogens (tertiary/aromatic N) is 2. The number of aromatic nitrogens is 1. The van der Waals surface area contributed by atoms with E-state index in [-0.39, 0.29) is 17.1 Å². The van der Waals surface area contributed by atoms with E-state index in [0.717, 1.165) is 30.9 Å². The molecular weight excluding hydrogens is 270 g/mol. The van der Waals surface area contributed by atoms with Gasteiger partial charge >= 0.3 is 11.7 Å². The summed E-state index contributed by atoms with van der Waals surface area (Å²) in [6.07, 6.45) is 5.01. The Morgan fingerprint density at radius 1 is 1.58 bits per heavy atom. The maximum absolute atomic E-state index is 10.9. The third-order valence-electron chi connectivity index (χ3n) is 2.38. The van der Waals surface area contributed by atoms with Gasteiger partial charge in [0.2, 0.25) is 5.82 Å². The van der Waals surface area contributed by atoms with Gasteiger partial charge in [0.25, 0.3) is 0 Å². The van der Waals surface area contributed by atoms with Crippen LogP contribution in [0.1, 0.15) is 23.2 Å². The molecule has 1 aromatic heterocycles. The molecular formula is C11H15N3O4S. The first kappa shape index (κ1) is 15.2. The number of carboxylic acid groups (broad SMARTS) is 1. The summed E-state index contributed by atoms with van der Waals surface area (Å²) in [4.78, 5) is 24.8. The number of rotatable bonds is 8. The zero-order chi connectivity index (χ0) is 14.3. The van der Waals surface area contributed by atoms with Crippen LogP contribution in [0.15, 0.2) is 12.3 Å². The number of pyridine rings is 1. The van der Waals surface area contributed by atoms with E-state index in [0.29, 0.717) is 6.54 Å². The molecule has 8 heteroatoms. The van der Waals surface area contributed by atoms with Gasteiger partial charge < -0.3 is 10.4 Å². The molecule has 2 N–H and O–H groups in total. The first-order valence-electron chi connectivity index (χ1n) is 5.66. The summed E-state index contributed by atoms with van der Waals surface area (Å²) < 4.78 is 0. The predicted molar refractivity (Wildman–Crippen MR) is 74.0 cm³/mol. The second-order valence-electron chi connectivity index (χ2n) is 3.78. The highest BCUT2D eigenvalue weighted by atomic mass is 32.2. The first-order valence-corrected chi connectivity index (χ1v) is 7.06. The monoisotopic (exact) mass is 285 g/mol. The highest BCUT2D eigenvalue weighted by Crippen LogP contribution is 2.22. The van der Waals surface area contributed by atoms with Crippen LogP contribution < -0.4 is 5.32 Å². The molecule has 19 heavy (non-hydrogen) atoms. The zero-order valence-electron chi connectivity index (χ0n) is 10.5. The fourth-order valence-corrected chi connectivity index (χ4v) is 1.92. The molecule has 1 rings (SSSR count). The Balaban J connectivity index is 2.71. The van der Waals surface area contributed by atoms with Crippen LogP contribution in [0.3, 0.4) is 0 Å². The van der Waals surface area contributed by atoms with Gasteiger partial charge in [-0.3, -0.25) is 10.1 Å². The quantitative estimate of drug-likeness (QED) is 0.428. The van der Waals surface area contributed by atoms with Crippen LogP contribution in [0.4, 0.5) is 11.5 Å². The van der Waals surface area contributed by atoms with E-state index in [4.69, 9.17) is 5.11 Å². The fourth-order valence-electron chi connectivity index (χ4n) is 1.42. The number of aromatic carboxylic acids is 1. The Labute approximate surface area is 114 Å². The summed E-state index contributed by atoms with van der Waals surface area (Å²) in [6, 6.07) is 1.01. The Morgan fingerprint density at radius 3 is 2.89 bits per heavy atom. The smallest absolute Gasteiger partial charge is 0.337 e. The number of nitro groups is 1. The SMILES string of the molecule is CSCCCCNc1ncc(C(=O)O)cc1[N+](=O)[O-]. The van der Waals surface area contributed by atoms with Crippen LogP contribution in [0.2, 0.25) is 0 Å². The molecule has 0 saturated carbocycles. The van der Waals surface area contributed by atoms with Gasteiger partial charge in [-0.25, -0.2) is 9.78 Å². The molecule has 104 valence electrons. The Morgan fingerprint density at radius 2 is 2.32 bits per heavy atom. The molecule has 0 aromatic carbocycles. The highest BCUT2D eigenvalue weighted by molar-refractivity contribution is 7.98. The average molecular weight is 285 g/mol. The van der Waals surface area contributed by atoms with Crippen LogP contribution in [0.25, 0.3) is 0 Å². The molecule has 7 nitrogen and oxygen atoms in total. The van der Waals surface area contributed by atoms with Crippen molar-refractivity contribution in [2.24, 2.45) is 0 Å². The maximum atomic E-state index is 10.9. The summed E-state index contributed by atoms with van der Waals surface area (Å²) >= 11 is 1.74. The lowest BCUT2D eigenvalue weighted by Gasteiger charge is -2.06. The molecule has 0 radical (unpaired) electrons. The number of thioether (sulfide) groups is 1. The van der Waals surface area contributed by atoms with Crippen molar-refractivity contribution < 1.29 is 14.8 Å². The second kappa shape index (κ2) is 7.57. The number of anilines is 1. The fraction of sp³-hybridized carbons (Fsp3) is 0.455. The van der Waals surface area contributed by atoms with Crippen molar-refractivity contribution in [1.29, 1.82) is 0 Å². The van der Waals surface area contributed by atoms with Gasteiger partial charge in [-0.2, -0.15) is 11.8 Å². The molecule has 0 saturated heterocycles. The molecule has 0 aliphatic rings. The second-order valence-corrected chi connectivity index (χ2v) is 4.77. The number of carbonyl (C=O) groups is 1. The van der Waals surface area contributed by atoms with Crippen molar-refractivity contribution in [3.63, 3.8) is 0 Å². The minimum Gasteiger partial charge on any atom is -0.478 e. The Bertz CT molecular complexity index is 467. The topological polar surface area (TPSA) is 105 Å². The van der Waals surface area contributed by atoms with Crippen LogP contribution in [0, 0.1) is 10.1 Å². The molecule has 0 atom stereocenters. The number of hydrogen-bond acceptors (Lipinski definition) is 6. The lowest BCUT2D eigenvalue weighted by Crippen LogP contribution is -2.08. The van der Waals surface area contributed by atoms with Crippen LogP contribution >= 0.6 is 11.8 Å². The molecule has 1 aromatic rings. The van der Waals surface area contributed by atoms with Gasteiger partial charge in [0, 0.05) is 18.8 Å². The van der Waals surface area contributed by atoms with Crippen molar-refractivity contribution in [3.8, 4) is 0 Å². The number of unbranched alkanes of at least 4 members (excludes halogenated alkanes) is 1.